The molecule has 5 nitrogen and oxygen atoms in total. The number of amides is 2. The van der Waals surface area contributed by atoms with E-state index in [0.29, 0.717) is 25.6 Å². The third-order valence-electron chi connectivity index (χ3n) is 5.82. The minimum atomic E-state index is 0.0798. The Balaban J connectivity index is 1.28. The molecule has 2 fully saturated rings. The molecule has 6 heteroatoms. The van der Waals surface area contributed by atoms with Crippen molar-refractivity contribution in [2.75, 3.05) is 32.7 Å². The third kappa shape index (κ3) is 5.06. The summed E-state index contributed by atoms with van der Waals surface area (Å²) < 4.78 is 0. The molecule has 1 saturated carbocycles. The molecular weight excluding hydrogens is 382 g/mol. The van der Waals surface area contributed by atoms with Gasteiger partial charge in [0, 0.05) is 31.1 Å². The van der Waals surface area contributed by atoms with Gasteiger partial charge in [-0.05, 0) is 50.3 Å². The average Bonchev–Trinajstić information content (AvgIpc) is 3.47. The van der Waals surface area contributed by atoms with Crippen molar-refractivity contribution in [2.45, 2.75) is 32.7 Å². The van der Waals surface area contributed by atoms with Gasteiger partial charge in [-0.2, -0.15) is 0 Å². The lowest BCUT2D eigenvalue weighted by atomic mass is 10.0. The second kappa shape index (κ2) is 8.67. The monoisotopic (exact) mass is 411 g/mol. The topological polar surface area (TPSA) is 52.7 Å². The maximum absolute atomic E-state index is 12.7. The van der Waals surface area contributed by atoms with Crippen molar-refractivity contribution in [1.82, 2.24) is 15.1 Å². The first kappa shape index (κ1) is 20.1. The fourth-order valence-corrected chi connectivity index (χ4v) is 4.75. The number of hydrogen-bond acceptors (Lipinski definition) is 4. The number of rotatable bonds is 6. The minimum Gasteiger partial charge on any atom is -0.348 e. The van der Waals surface area contributed by atoms with Gasteiger partial charge in [-0.25, -0.2) is 0 Å². The zero-order valence-corrected chi connectivity index (χ0v) is 18.0. The molecule has 0 radical (unpaired) electrons. The van der Waals surface area contributed by atoms with E-state index in [9.17, 15) is 9.59 Å². The molecule has 0 bridgehead atoms. The van der Waals surface area contributed by atoms with Crippen molar-refractivity contribution in [2.24, 2.45) is 5.92 Å². The smallest absolute Gasteiger partial charge is 0.264 e. The highest BCUT2D eigenvalue weighted by Gasteiger charge is 2.34. The molecule has 29 heavy (non-hydrogen) atoms. The summed E-state index contributed by atoms with van der Waals surface area (Å²) in [5, 5.41) is 3.27. The largest absolute Gasteiger partial charge is 0.348 e. The Labute approximate surface area is 176 Å². The zero-order valence-electron chi connectivity index (χ0n) is 17.2. The van der Waals surface area contributed by atoms with Gasteiger partial charge in [0.25, 0.3) is 5.91 Å². The predicted molar refractivity (Wildman–Crippen MR) is 116 cm³/mol. The van der Waals surface area contributed by atoms with E-state index in [1.54, 1.807) is 11.3 Å². The number of thiophene rings is 1. The van der Waals surface area contributed by atoms with E-state index in [4.69, 9.17) is 0 Å². The van der Waals surface area contributed by atoms with Crippen molar-refractivity contribution in [3.05, 3.63) is 57.3 Å². The second-order valence-corrected chi connectivity index (χ2v) is 9.56. The summed E-state index contributed by atoms with van der Waals surface area (Å²) in [5.41, 5.74) is 2.44. The van der Waals surface area contributed by atoms with Crippen molar-refractivity contribution >= 4 is 23.2 Å². The maximum Gasteiger partial charge on any atom is 0.264 e. The highest BCUT2D eigenvalue weighted by Crippen LogP contribution is 2.41. The van der Waals surface area contributed by atoms with Crippen LogP contribution in [0.3, 0.4) is 0 Å². The van der Waals surface area contributed by atoms with E-state index < -0.39 is 0 Å². The SMILES string of the molecule is Cc1ccc(C(NC(=O)CN2CCN(C(=O)c3ccc(C)s3)CC2)C2CC2)cc1. The predicted octanol–water partition coefficient (Wildman–Crippen LogP) is 3.39. The summed E-state index contributed by atoms with van der Waals surface area (Å²) in [6.45, 7) is 7.32. The molecule has 2 aromatic rings. The number of benzene rings is 1. The van der Waals surface area contributed by atoms with E-state index in [2.05, 4.69) is 41.4 Å². The molecule has 1 aromatic carbocycles. The first-order valence-electron chi connectivity index (χ1n) is 10.4. The first-order chi connectivity index (χ1) is 14.0. The quantitative estimate of drug-likeness (QED) is 0.793. The Morgan fingerprint density at radius 1 is 1.03 bits per heavy atom. The summed E-state index contributed by atoms with van der Waals surface area (Å²) in [6, 6.07) is 12.5. The van der Waals surface area contributed by atoms with Gasteiger partial charge >= 0.3 is 0 Å². The number of carbonyl (C=O) groups excluding carboxylic acids is 2. The van der Waals surface area contributed by atoms with Crippen LogP contribution in [0.25, 0.3) is 0 Å². The van der Waals surface area contributed by atoms with Gasteiger partial charge in [-0.1, -0.05) is 29.8 Å². The summed E-state index contributed by atoms with van der Waals surface area (Å²) in [5.74, 6) is 0.752. The van der Waals surface area contributed by atoms with E-state index in [1.165, 1.54) is 24.0 Å². The normalized spacial score (nSPS) is 18.5. The fraction of sp³-hybridized carbons (Fsp3) is 0.478. The number of nitrogens with one attached hydrogen (secondary N) is 1. The van der Waals surface area contributed by atoms with Gasteiger partial charge in [0.05, 0.1) is 17.5 Å². The van der Waals surface area contributed by atoms with Crippen LogP contribution in [-0.4, -0.2) is 54.3 Å². The molecule has 2 amide bonds. The molecule has 2 aliphatic rings. The number of carbonyl (C=O) groups is 2. The number of hydrogen-bond donors (Lipinski definition) is 1. The third-order valence-corrected chi connectivity index (χ3v) is 6.81. The Bertz CT molecular complexity index is 865. The lowest BCUT2D eigenvalue weighted by Crippen LogP contribution is -2.51. The lowest BCUT2D eigenvalue weighted by molar-refractivity contribution is -0.123. The number of aryl methyl sites for hydroxylation is 2. The van der Waals surface area contributed by atoms with E-state index in [-0.39, 0.29) is 17.9 Å². The van der Waals surface area contributed by atoms with Gasteiger partial charge in [-0.3, -0.25) is 14.5 Å². The standard InChI is InChI=1S/C23H29N3O2S/c1-16-3-6-18(7-4-16)22(19-8-9-19)24-21(27)15-25-11-13-26(14-12-25)23(28)20-10-5-17(2)29-20/h3-7,10,19,22H,8-9,11-15H2,1-2H3,(H,24,27). The van der Waals surface area contributed by atoms with E-state index >= 15 is 0 Å². The first-order valence-corrected chi connectivity index (χ1v) is 11.3. The second-order valence-electron chi connectivity index (χ2n) is 8.27. The number of piperazine rings is 1. The molecule has 1 atom stereocenters. The van der Waals surface area contributed by atoms with Crippen molar-refractivity contribution in [3.63, 3.8) is 0 Å². The van der Waals surface area contributed by atoms with E-state index in [0.717, 1.165) is 22.8 Å². The molecule has 1 aromatic heterocycles. The molecular formula is C23H29N3O2S. The average molecular weight is 412 g/mol. The van der Waals surface area contributed by atoms with Crippen LogP contribution >= 0.6 is 11.3 Å². The van der Waals surface area contributed by atoms with Crippen molar-refractivity contribution in [1.29, 1.82) is 0 Å². The van der Waals surface area contributed by atoms with Gasteiger partial charge in [0.2, 0.25) is 5.91 Å². The zero-order chi connectivity index (χ0) is 20.4. The Kier molecular flexibility index (Phi) is 6.01. The van der Waals surface area contributed by atoms with E-state index in [1.807, 2.05) is 24.0 Å². The maximum atomic E-state index is 12.7. The van der Waals surface area contributed by atoms with Crippen LogP contribution in [0.4, 0.5) is 0 Å². The Morgan fingerprint density at radius 3 is 2.31 bits per heavy atom. The van der Waals surface area contributed by atoms with Crippen LogP contribution in [-0.2, 0) is 4.79 Å². The van der Waals surface area contributed by atoms with Crippen LogP contribution < -0.4 is 5.32 Å². The lowest BCUT2D eigenvalue weighted by Gasteiger charge is -2.34. The molecule has 1 unspecified atom stereocenters. The summed E-state index contributed by atoms with van der Waals surface area (Å²) in [6.07, 6.45) is 2.36. The Morgan fingerprint density at radius 2 is 1.72 bits per heavy atom. The number of nitrogens with zero attached hydrogens (tertiary/aromatic N) is 2. The fourth-order valence-electron chi connectivity index (χ4n) is 3.91. The van der Waals surface area contributed by atoms with Crippen molar-refractivity contribution in [3.8, 4) is 0 Å². The minimum absolute atomic E-state index is 0.0798. The summed E-state index contributed by atoms with van der Waals surface area (Å²) in [7, 11) is 0. The van der Waals surface area contributed by atoms with Crippen LogP contribution in [0.1, 0.15) is 44.6 Å². The summed E-state index contributed by atoms with van der Waals surface area (Å²) >= 11 is 1.55. The van der Waals surface area contributed by atoms with Crippen molar-refractivity contribution < 1.29 is 9.59 Å². The molecule has 1 N–H and O–H groups in total. The van der Waals surface area contributed by atoms with Crippen LogP contribution in [0.15, 0.2) is 36.4 Å². The van der Waals surface area contributed by atoms with Gasteiger partial charge in [0.1, 0.15) is 0 Å². The highest BCUT2D eigenvalue weighted by molar-refractivity contribution is 7.13. The summed E-state index contributed by atoms with van der Waals surface area (Å²) in [4.78, 5) is 31.3. The molecule has 4 rings (SSSR count). The molecule has 1 aliphatic carbocycles. The van der Waals surface area contributed by atoms with Gasteiger partial charge in [-0.15, -0.1) is 11.3 Å². The van der Waals surface area contributed by atoms with Crippen LogP contribution in [0.2, 0.25) is 0 Å². The van der Waals surface area contributed by atoms with Crippen LogP contribution in [0, 0.1) is 19.8 Å². The molecule has 1 aliphatic heterocycles. The van der Waals surface area contributed by atoms with Gasteiger partial charge < -0.3 is 10.2 Å². The molecule has 1 saturated heterocycles. The van der Waals surface area contributed by atoms with Gasteiger partial charge in [0.15, 0.2) is 0 Å². The van der Waals surface area contributed by atoms with Crippen LogP contribution in [0.5, 0.6) is 0 Å². The molecule has 0 spiro atoms. The Hall–Kier alpha value is -2.18. The highest BCUT2D eigenvalue weighted by atomic mass is 32.1. The molecule has 154 valence electrons. The molecule has 2 heterocycles.